The molecule has 1 rings (SSSR count). The first-order chi connectivity index (χ1) is 5.74. The third kappa shape index (κ3) is 2.24. The lowest BCUT2D eigenvalue weighted by Crippen LogP contribution is -2.26. The summed E-state index contributed by atoms with van der Waals surface area (Å²) in [5, 5.41) is 8.37. The Balaban J connectivity index is 2.43. The molecule has 0 unspecified atom stereocenters. The molecule has 12 heavy (non-hydrogen) atoms. The summed E-state index contributed by atoms with van der Waals surface area (Å²) >= 11 is 0. The molecule has 0 aromatic heterocycles. The van der Waals surface area contributed by atoms with Crippen LogP contribution < -0.4 is 0 Å². The van der Waals surface area contributed by atoms with Crippen LogP contribution in [0.3, 0.4) is 0 Å². The molecule has 1 amide bonds. The SMILES string of the molecule is C[C@@H]1CCN(C(=O)C#CCO)C1. The Kier molecular flexibility index (Phi) is 3.12. The van der Waals surface area contributed by atoms with Crippen LogP contribution in [0.15, 0.2) is 0 Å². The molecule has 0 bridgehead atoms. The Bertz CT molecular complexity index is 226. The summed E-state index contributed by atoms with van der Waals surface area (Å²) in [6.07, 6.45) is 1.06. The van der Waals surface area contributed by atoms with E-state index in [9.17, 15) is 4.79 Å². The number of carbonyl (C=O) groups excluding carboxylic acids is 1. The maximum absolute atomic E-state index is 11.2. The van der Waals surface area contributed by atoms with E-state index >= 15 is 0 Å². The van der Waals surface area contributed by atoms with Gasteiger partial charge in [-0.2, -0.15) is 0 Å². The summed E-state index contributed by atoms with van der Waals surface area (Å²) in [4.78, 5) is 12.9. The monoisotopic (exact) mass is 167 g/mol. The van der Waals surface area contributed by atoms with E-state index in [4.69, 9.17) is 5.11 Å². The lowest BCUT2D eigenvalue weighted by molar-refractivity contribution is -0.124. The number of carbonyl (C=O) groups is 1. The highest BCUT2D eigenvalue weighted by Crippen LogP contribution is 2.14. The van der Waals surface area contributed by atoms with Crippen molar-refractivity contribution in [1.82, 2.24) is 4.90 Å². The van der Waals surface area contributed by atoms with Gasteiger partial charge in [-0.15, -0.1) is 0 Å². The van der Waals surface area contributed by atoms with Gasteiger partial charge >= 0.3 is 0 Å². The van der Waals surface area contributed by atoms with E-state index in [1.54, 1.807) is 4.90 Å². The van der Waals surface area contributed by atoms with Crippen LogP contribution in [0.4, 0.5) is 0 Å². The van der Waals surface area contributed by atoms with Crippen LogP contribution in [0.25, 0.3) is 0 Å². The maximum Gasteiger partial charge on any atom is 0.298 e. The summed E-state index contributed by atoms with van der Waals surface area (Å²) in [5.74, 6) is 5.16. The number of nitrogens with zero attached hydrogens (tertiary/aromatic N) is 1. The summed E-state index contributed by atoms with van der Waals surface area (Å²) in [5.41, 5.74) is 0. The van der Waals surface area contributed by atoms with E-state index < -0.39 is 0 Å². The number of likely N-dealkylation sites (tertiary alicyclic amines) is 1. The Morgan fingerprint density at radius 1 is 1.75 bits per heavy atom. The number of aliphatic hydroxyl groups excluding tert-OH is 1. The topological polar surface area (TPSA) is 40.5 Å². The van der Waals surface area contributed by atoms with Gasteiger partial charge in [-0.25, -0.2) is 0 Å². The maximum atomic E-state index is 11.2. The van der Waals surface area contributed by atoms with Gasteiger partial charge < -0.3 is 10.0 Å². The Morgan fingerprint density at radius 2 is 2.50 bits per heavy atom. The van der Waals surface area contributed by atoms with Gasteiger partial charge in [0.2, 0.25) is 0 Å². The Morgan fingerprint density at radius 3 is 3.00 bits per heavy atom. The van der Waals surface area contributed by atoms with E-state index in [0.29, 0.717) is 5.92 Å². The second kappa shape index (κ2) is 4.13. The average Bonchev–Trinajstić information content (AvgIpc) is 2.47. The second-order valence-electron chi connectivity index (χ2n) is 3.10. The number of aliphatic hydroxyl groups is 1. The predicted octanol–water partition coefficient (Wildman–Crippen LogP) is -0.150. The van der Waals surface area contributed by atoms with Crippen LogP contribution in [0.1, 0.15) is 13.3 Å². The van der Waals surface area contributed by atoms with Crippen molar-refractivity contribution in [2.45, 2.75) is 13.3 Å². The first kappa shape index (κ1) is 9.08. The molecule has 0 aromatic rings. The Hall–Kier alpha value is -1.01. The van der Waals surface area contributed by atoms with Crippen molar-refractivity contribution < 1.29 is 9.90 Å². The van der Waals surface area contributed by atoms with Crippen molar-refractivity contribution in [3.8, 4) is 11.8 Å². The molecule has 3 heteroatoms. The molecule has 0 radical (unpaired) electrons. The third-order valence-electron chi connectivity index (χ3n) is 1.99. The van der Waals surface area contributed by atoms with Gasteiger partial charge in [-0.3, -0.25) is 4.79 Å². The summed E-state index contributed by atoms with van der Waals surface area (Å²) in [6, 6.07) is 0. The molecule has 1 N–H and O–H groups in total. The van der Waals surface area contributed by atoms with Gasteiger partial charge in [0, 0.05) is 13.1 Å². The Labute approximate surface area is 72.4 Å². The molecule has 1 heterocycles. The zero-order chi connectivity index (χ0) is 8.97. The van der Waals surface area contributed by atoms with Crippen LogP contribution in [-0.4, -0.2) is 35.6 Å². The highest BCUT2D eigenvalue weighted by atomic mass is 16.2. The fourth-order valence-corrected chi connectivity index (χ4v) is 1.31. The van der Waals surface area contributed by atoms with Gasteiger partial charge in [0.25, 0.3) is 5.91 Å². The molecule has 1 saturated heterocycles. The van der Waals surface area contributed by atoms with Crippen LogP contribution in [-0.2, 0) is 4.79 Å². The summed E-state index contributed by atoms with van der Waals surface area (Å²) in [6.45, 7) is 3.49. The molecule has 0 aromatic carbocycles. The minimum atomic E-state index is -0.241. The van der Waals surface area contributed by atoms with Crippen molar-refractivity contribution >= 4 is 5.91 Å². The van der Waals surface area contributed by atoms with Crippen molar-refractivity contribution in [1.29, 1.82) is 0 Å². The smallest absolute Gasteiger partial charge is 0.298 e. The van der Waals surface area contributed by atoms with Gasteiger partial charge in [-0.1, -0.05) is 12.8 Å². The van der Waals surface area contributed by atoms with E-state index in [-0.39, 0.29) is 12.5 Å². The molecule has 66 valence electrons. The lowest BCUT2D eigenvalue weighted by Gasteiger charge is -2.10. The van der Waals surface area contributed by atoms with E-state index in [1.807, 2.05) is 0 Å². The molecule has 0 spiro atoms. The molecule has 0 saturated carbocycles. The number of hydrogen-bond acceptors (Lipinski definition) is 2. The molecule has 0 aliphatic carbocycles. The molecule has 1 aliphatic rings. The molecule has 1 aliphatic heterocycles. The fourth-order valence-electron chi connectivity index (χ4n) is 1.31. The van der Waals surface area contributed by atoms with Gasteiger partial charge in [-0.05, 0) is 18.3 Å². The minimum absolute atomic E-state index is 0.159. The van der Waals surface area contributed by atoms with Gasteiger partial charge in [0.15, 0.2) is 0 Å². The largest absolute Gasteiger partial charge is 0.384 e. The third-order valence-corrected chi connectivity index (χ3v) is 1.99. The van der Waals surface area contributed by atoms with Crippen molar-refractivity contribution in [3.05, 3.63) is 0 Å². The molecular weight excluding hydrogens is 154 g/mol. The molecular formula is C9H13NO2. The number of hydrogen-bond donors (Lipinski definition) is 1. The lowest BCUT2D eigenvalue weighted by atomic mass is 10.2. The first-order valence-electron chi connectivity index (χ1n) is 4.12. The normalized spacial score (nSPS) is 21.8. The van der Waals surface area contributed by atoms with Crippen LogP contribution in [0, 0.1) is 17.8 Å². The molecule has 3 nitrogen and oxygen atoms in total. The van der Waals surface area contributed by atoms with Gasteiger partial charge in [0.05, 0.1) is 0 Å². The van der Waals surface area contributed by atoms with Gasteiger partial charge in [0.1, 0.15) is 6.61 Å². The molecule has 1 atom stereocenters. The van der Waals surface area contributed by atoms with Crippen molar-refractivity contribution in [2.24, 2.45) is 5.92 Å². The van der Waals surface area contributed by atoms with Crippen LogP contribution in [0.5, 0.6) is 0 Å². The fraction of sp³-hybridized carbons (Fsp3) is 0.667. The zero-order valence-corrected chi connectivity index (χ0v) is 7.21. The molecule has 1 fully saturated rings. The van der Waals surface area contributed by atoms with Crippen LogP contribution in [0.2, 0.25) is 0 Å². The quantitative estimate of drug-likeness (QED) is 0.510. The average molecular weight is 167 g/mol. The number of amides is 1. The first-order valence-corrected chi connectivity index (χ1v) is 4.12. The van der Waals surface area contributed by atoms with E-state index in [2.05, 4.69) is 18.8 Å². The summed E-state index contributed by atoms with van der Waals surface area (Å²) in [7, 11) is 0. The van der Waals surface area contributed by atoms with Crippen molar-refractivity contribution in [2.75, 3.05) is 19.7 Å². The van der Waals surface area contributed by atoms with E-state index in [1.165, 1.54) is 0 Å². The summed E-state index contributed by atoms with van der Waals surface area (Å²) < 4.78 is 0. The predicted molar refractivity (Wildman–Crippen MR) is 45.2 cm³/mol. The van der Waals surface area contributed by atoms with Crippen molar-refractivity contribution in [3.63, 3.8) is 0 Å². The number of rotatable bonds is 0. The highest BCUT2D eigenvalue weighted by Gasteiger charge is 2.21. The van der Waals surface area contributed by atoms with E-state index in [0.717, 1.165) is 19.5 Å². The standard InChI is InChI=1S/C9H13NO2/c1-8-4-5-10(7-8)9(12)3-2-6-11/h8,11H,4-7H2,1H3/t8-/m1/s1. The second-order valence-corrected chi connectivity index (χ2v) is 3.10. The highest BCUT2D eigenvalue weighted by molar-refractivity contribution is 5.93. The minimum Gasteiger partial charge on any atom is -0.384 e. The van der Waals surface area contributed by atoms with Crippen LogP contribution >= 0.6 is 0 Å². The zero-order valence-electron chi connectivity index (χ0n) is 7.21.